The Hall–Kier alpha value is -0.850. The van der Waals surface area contributed by atoms with Crippen molar-refractivity contribution in [1.29, 1.82) is 0 Å². The minimum Gasteiger partial charge on any atom is -0.320 e. The monoisotopic (exact) mass is 485 g/mol. The van der Waals surface area contributed by atoms with Crippen LogP contribution in [0.3, 0.4) is 0 Å². The third kappa shape index (κ3) is 3.17. The number of hydrogen-bond donors (Lipinski definition) is 0. The molecule has 4 nitrogen and oxygen atoms in total. The second kappa shape index (κ2) is 6.71. The molecule has 0 saturated heterocycles. The Morgan fingerprint density at radius 2 is 2.12 bits per heavy atom. The van der Waals surface area contributed by atoms with Crippen LogP contribution in [0, 0.1) is 5.92 Å². The molecule has 1 fully saturated rings. The highest BCUT2D eigenvalue weighted by atomic mass is 79.9. The Labute approximate surface area is 168 Å². The van der Waals surface area contributed by atoms with Gasteiger partial charge in [0.25, 0.3) is 5.56 Å². The highest BCUT2D eigenvalue weighted by Gasteiger charge is 2.34. The highest BCUT2D eigenvalue weighted by molar-refractivity contribution is 9.11. The van der Waals surface area contributed by atoms with Crippen LogP contribution in [0.15, 0.2) is 32.1 Å². The number of aromatic nitrogens is 2. The van der Waals surface area contributed by atoms with Crippen molar-refractivity contribution in [2.45, 2.75) is 38.6 Å². The third-order valence-corrected chi connectivity index (χ3v) is 6.31. The molecule has 0 radical (unpaired) electrons. The van der Waals surface area contributed by atoms with E-state index in [-0.39, 0.29) is 11.6 Å². The zero-order valence-corrected chi connectivity index (χ0v) is 17.7. The van der Waals surface area contributed by atoms with Crippen LogP contribution < -0.4 is 10.5 Å². The molecule has 0 unspecified atom stereocenters. The smallest absolute Gasteiger partial charge is 0.294 e. The first kappa shape index (κ1) is 17.6. The van der Waals surface area contributed by atoms with Crippen LogP contribution in [0.25, 0.3) is 0 Å². The van der Waals surface area contributed by atoms with Crippen molar-refractivity contribution in [2.24, 2.45) is 5.92 Å². The molecule has 1 saturated carbocycles. The summed E-state index contributed by atoms with van der Waals surface area (Å²) in [4.78, 5) is 19.6. The van der Waals surface area contributed by atoms with E-state index in [0.29, 0.717) is 16.9 Å². The molecule has 2 aromatic rings. The molecule has 2 heterocycles. The second-order valence-electron chi connectivity index (χ2n) is 6.71. The number of nitrogens with zero attached hydrogens (tertiary/aromatic N) is 3. The Balaban J connectivity index is 1.83. The van der Waals surface area contributed by atoms with E-state index in [0.717, 1.165) is 34.0 Å². The van der Waals surface area contributed by atoms with Gasteiger partial charge >= 0.3 is 0 Å². The van der Waals surface area contributed by atoms with Crippen molar-refractivity contribution in [2.75, 3.05) is 11.4 Å². The third-order valence-electron chi connectivity index (χ3n) is 5.06. The topological polar surface area (TPSA) is 38.1 Å². The summed E-state index contributed by atoms with van der Waals surface area (Å²) >= 11 is 13.5. The van der Waals surface area contributed by atoms with Gasteiger partial charge in [0.15, 0.2) is 0 Å². The molecule has 4 rings (SSSR count). The molecule has 25 heavy (non-hydrogen) atoms. The van der Waals surface area contributed by atoms with E-state index in [1.54, 1.807) is 6.20 Å². The van der Waals surface area contributed by atoms with Crippen LogP contribution in [0.5, 0.6) is 0 Å². The van der Waals surface area contributed by atoms with E-state index >= 15 is 0 Å². The lowest BCUT2D eigenvalue weighted by Crippen LogP contribution is -2.32. The van der Waals surface area contributed by atoms with Crippen LogP contribution in [-0.2, 0) is 6.42 Å². The molecular weight excluding hydrogens is 469 g/mol. The van der Waals surface area contributed by atoms with Crippen molar-refractivity contribution in [3.05, 3.63) is 48.3 Å². The molecule has 1 aliphatic heterocycles. The fourth-order valence-corrected chi connectivity index (χ4v) is 5.51. The number of rotatable bonds is 4. The Bertz CT molecular complexity index is 895. The molecule has 7 heteroatoms. The molecule has 1 aromatic carbocycles. The van der Waals surface area contributed by atoms with Crippen molar-refractivity contribution in [1.82, 2.24) is 9.55 Å². The van der Waals surface area contributed by atoms with Crippen molar-refractivity contribution < 1.29 is 0 Å². The molecule has 0 spiro atoms. The van der Waals surface area contributed by atoms with Gasteiger partial charge in [-0.05, 0) is 65.2 Å². The zero-order chi connectivity index (χ0) is 17.7. The summed E-state index contributed by atoms with van der Waals surface area (Å²) < 4.78 is 3.79. The van der Waals surface area contributed by atoms with E-state index in [1.807, 2.05) is 15.5 Å². The summed E-state index contributed by atoms with van der Waals surface area (Å²) in [7, 11) is 0. The Kier molecular flexibility index (Phi) is 4.71. The van der Waals surface area contributed by atoms with Gasteiger partial charge in [0, 0.05) is 27.7 Å². The van der Waals surface area contributed by atoms with E-state index in [1.165, 1.54) is 18.4 Å². The van der Waals surface area contributed by atoms with Crippen LogP contribution in [0.1, 0.15) is 37.8 Å². The lowest BCUT2D eigenvalue weighted by atomic mass is 10.1. The van der Waals surface area contributed by atoms with Gasteiger partial charge in [-0.2, -0.15) is 0 Å². The molecular formula is C18H18Br2ClN3O. The van der Waals surface area contributed by atoms with Crippen molar-refractivity contribution in [3.8, 4) is 0 Å². The van der Waals surface area contributed by atoms with E-state index in [2.05, 4.69) is 49.8 Å². The number of halogens is 3. The lowest BCUT2D eigenvalue weighted by Gasteiger charge is -2.23. The molecule has 1 atom stereocenters. The highest BCUT2D eigenvalue weighted by Crippen LogP contribution is 2.43. The maximum absolute atomic E-state index is 13.2. The van der Waals surface area contributed by atoms with E-state index < -0.39 is 0 Å². The van der Waals surface area contributed by atoms with Crippen LogP contribution in [-0.4, -0.2) is 16.1 Å². The zero-order valence-electron chi connectivity index (χ0n) is 13.8. The van der Waals surface area contributed by atoms with Crippen LogP contribution in [0.2, 0.25) is 5.15 Å². The van der Waals surface area contributed by atoms with Gasteiger partial charge in [-0.1, -0.05) is 34.5 Å². The Morgan fingerprint density at radius 3 is 2.80 bits per heavy atom. The molecule has 2 aliphatic rings. The fraction of sp³-hybridized carbons (Fsp3) is 0.444. The SMILES string of the molecule is CC[C@H](C1CC1)n1cc(Cl)nc(N2CCc3cc(Br)cc(Br)c32)c1=O. The average Bonchev–Trinajstić information content (AvgIpc) is 3.30. The first-order chi connectivity index (χ1) is 12.0. The summed E-state index contributed by atoms with van der Waals surface area (Å²) in [5.74, 6) is 1.01. The van der Waals surface area contributed by atoms with E-state index in [4.69, 9.17) is 11.6 Å². The van der Waals surface area contributed by atoms with Gasteiger partial charge in [-0.3, -0.25) is 4.79 Å². The first-order valence-corrected chi connectivity index (χ1v) is 10.5. The molecule has 1 aliphatic carbocycles. The number of anilines is 2. The van der Waals surface area contributed by atoms with Gasteiger partial charge in [0.05, 0.1) is 5.69 Å². The summed E-state index contributed by atoms with van der Waals surface area (Å²) in [6.07, 6.45) is 5.88. The van der Waals surface area contributed by atoms with Crippen molar-refractivity contribution >= 4 is 55.0 Å². The number of fused-ring (bicyclic) bond motifs is 1. The molecule has 0 N–H and O–H groups in total. The molecule has 1 aromatic heterocycles. The van der Waals surface area contributed by atoms with E-state index in [9.17, 15) is 4.79 Å². The molecule has 132 valence electrons. The minimum absolute atomic E-state index is 0.0502. The largest absolute Gasteiger partial charge is 0.320 e. The lowest BCUT2D eigenvalue weighted by molar-refractivity contribution is 0.419. The van der Waals surface area contributed by atoms with Gasteiger partial charge < -0.3 is 9.47 Å². The fourth-order valence-electron chi connectivity index (χ4n) is 3.80. The standard InChI is InChI=1S/C18H18Br2ClN3O/c1-2-14(10-3-4-10)24-9-15(21)22-17(18(24)25)23-6-5-11-7-12(19)8-13(20)16(11)23/h7-10,14H,2-6H2,1H3/t14-/m1/s1. The van der Waals surface area contributed by atoms with Gasteiger partial charge in [0.1, 0.15) is 5.15 Å². The molecule has 0 bridgehead atoms. The predicted molar refractivity (Wildman–Crippen MR) is 108 cm³/mol. The summed E-state index contributed by atoms with van der Waals surface area (Å²) in [5.41, 5.74) is 2.16. The average molecular weight is 488 g/mol. The van der Waals surface area contributed by atoms with Crippen LogP contribution in [0.4, 0.5) is 11.5 Å². The quantitative estimate of drug-likeness (QED) is 0.574. The Morgan fingerprint density at radius 1 is 1.36 bits per heavy atom. The van der Waals surface area contributed by atoms with Gasteiger partial charge in [0.2, 0.25) is 5.82 Å². The maximum Gasteiger partial charge on any atom is 0.294 e. The normalized spacial score (nSPS) is 17.7. The number of benzene rings is 1. The predicted octanol–water partition coefficient (Wildman–Crippen LogP) is 5.48. The van der Waals surface area contributed by atoms with Crippen molar-refractivity contribution in [3.63, 3.8) is 0 Å². The summed E-state index contributed by atoms with van der Waals surface area (Å²) in [5, 5.41) is 0.371. The first-order valence-electron chi connectivity index (χ1n) is 8.53. The number of hydrogen-bond acceptors (Lipinski definition) is 3. The van der Waals surface area contributed by atoms with Gasteiger partial charge in [-0.25, -0.2) is 4.98 Å². The maximum atomic E-state index is 13.2. The summed E-state index contributed by atoms with van der Waals surface area (Å²) in [6, 6.07) is 4.31. The summed E-state index contributed by atoms with van der Waals surface area (Å²) in [6.45, 7) is 2.86. The second-order valence-corrected chi connectivity index (χ2v) is 8.87. The molecule has 0 amide bonds. The minimum atomic E-state index is -0.0502. The van der Waals surface area contributed by atoms with Crippen LogP contribution >= 0.6 is 43.5 Å². The van der Waals surface area contributed by atoms with Gasteiger partial charge in [-0.15, -0.1) is 0 Å².